The third kappa shape index (κ3) is 1.08. The summed E-state index contributed by atoms with van der Waals surface area (Å²) in [6, 6.07) is 0. The molecule has 10 heavy (non-hydrogen) atoms. The third-order valence-corrected chi connectivity index (χ3v) is 1.61. The minimum atomic E-state index is 0.134. The Morgan fingerprint density at radius 1 is 1.80 bits per heavy atom. The Morgan fingerprint density at radius 3 is 2.90 bits per heavy atom. The summed E-state index contributed by atoms with van der Waals surface area (Å²) >= 11 is 0. The van der Waals surface area contributed by atoms with Crippen LogP contribution in [-0.2, 0) is 4.79 Å². The largest absolute Gasteiger partial charge is 0.295 e. The van der Waals surface area contributed by atoms with E-state index in [4.69, 9.17) is 0 Å². The van der Waals surface area contributed by atoms with Crippen molar-refractivity contribution in [2.75, 3.05) is 0 Å². The SMILES string of the molecule is C=CC1C=CC=C1C(C)=O. The number of allylic oxidation sites excluding steroid dienone is 5. The highest BCUT2D eigenvalue weighted by atomic mass is 16.1. The molecule has 0 saturated carbocycles. The van der Waals surface area contributed by atoms with E-state index in [9.17, 15) is 4.79 Å². The minimum Gasteiger partial charge on any atom is -0.295 e. The van der Waals surface area contributed by atoms with Crippen molar-refractivity contribution in [1.29, 1.82) is 0 Å². The number of Topliss-reactive ketones (excluding diaryl/α,β-unsaturated/α-hetero) is 1. The second-order valence-electron chi connectivity index (χ2n) is 2.32. The van der Waals surface area contributed by atoms with Crippen LogP contribution in [0.4, 0.5) is 0 Å². The molecule has 0 aromatic rings. The third-order valence-electron chi connectivity index (χ3n) is 1.61. The van der Waals surface area contributed by atoms with Crippen molar-refractivity contribution in [3.63, 3.8) is 0 Å². The van der Waals surface area contributed by atoms with Crippen LogP contribution >= 0.6 is 0 Å². The van der Waals surface area contributed by atoms with E-state index >= 15 is 0 Å². The Morgan fingerprint density at radius 2 is 2.50 bits per heavy atom. The fourth-order valence-corrected chi connectivity index (χ4v) is 1.05. The first-order valence-electron chi connectivity index (χ1n) is 3.27. The van der Waals surface area contributed by atoms with Crippen LogP contribution in [0.1, 0.15) is 6.92 Å². The van der Waals surface area contributed by atoms with Crippen LogP contribution in [0.3, 0.4) is 0 Å². The molecule has 0 aliphatic heterocycles. The Labute approximate surface area is 60.7 Å². The Bertz CT molecular complexity index is 221. The highest BCUT2D eigenvalue weighted by Gasteiger charge is 2.13. The van der Waals surface area contributed by atoms with E-state index in [0.717, 1.165) is 5.57 Å². The van der Waals surface area contributed by atoms with Crippen molar-refractivity contribution in [3.05, 3.63) is 36.5 Å². The average Bonchev–Trinajstić information content (AvgIpc) is 2.33. The van der Waals surface area contributed by atoms with Gasteiger partial charge >= 0.3 is 0 Å². The summed E-state index contributed by atoms with van der Waals surface area (Å²) in [6.45, 7) is 5.21. The maximum atomic E-state index is 10.9. The Hall–Kier alpha value is -1.11. The highest BCUT2D eigenvalue weighted by Crippen LogP contribution is 2.20. The summed E-state index contributed by atoms with van der Waals surface area (Å²) in [6.07, 6.45) is 7.47. The molecule has 0 spiro atoms. The van der Waals surface area contributed by atoms with Crippen LogP contribution in [0, 0.1) is 5.92 Å². The molecule has 52 valence electrons. The molecule has 1 aliphatic carbocycles. The first kappa shape index (κ1) is 7.00. The van der Waals surface area contributed by atoms with E-state index in [2.05, 4.69) is 6.58 Å². The van der Waals surface area contributed by atoms with E-state index in [1.165, 1.54) is 0 Å². The first-order valence-corrected chi connectivity index (χ1v) is 3.27. The lowest BCUT2D eigenvalue weighted by molar-refractivity contribution is -0.113. The smallest absolute Gasteiger partial charge is 0.156 e. The van der Waals surface area contributed by atoms with Gasteiger partial charge in [0, 0.05) is 11.5 Å². The molecule has 0 saturated heterocycles. The van der Waals surface area contributed by atoms with Crippen LogP contribution < -0.4 is 0 Å². The molecule has 1 unspecified atom stereocenters. The summed E-state index contributed by atoms with van der Waals surface area (Å²) in [5, 5.41) is 0. The van der Waals surface area contributed by atoms with E-state index < -0.39 is 0 Å². The van der Waals surface area contributed by atoms with Crippen LogP contribution in [0.25, 0.3) is 0 Å². The number of hydrogen-bond donors (Lipinski definition) is 0. The van der Waals surface area contributed by atoms with Gasteiger partial charge in [-0.1, -0.05) is 24.3 Å². The van der Waals surface area contributed by atoms with Crippen LogP contribution in [0.5, 0.6) is 0 Å². The van der Waals surface area contributed by atoms with Crippen LogP contribution in [0.2, 0.25) is 0 Å². The molecule has 0 aromatic heterocycles. The number of rotatable bonds is 2. The molecule has 0 radical (unpaired) electrons. The molecular weight excluding hydrogens is 124 g/mol. The van der Waals surface area contributed by atoms with Gasteiger partial charge in [0.15, 0.2) is 5.78 Å². The molecule has 0 fully saturated rings. The van der Waals surface area contributed by atoms with Crippen LogP contribution in [-0.4, -0.2) is 5.78 Å². The van der Waals surface area contributed by atoms with Gasteiger partial charge in [-0.3, -0.25) is 4.79 Å². The molecule has 0 heterocycles. The lowest BCUT2D eigenvalue weighted by Gasteiger charge is -2.02. The van der Waals surface area contributed by atoms with Crippen molar-refractivity contribution in [2.45, 2.75) is 6.92 Å². The molecule has 1 heteroatoms. The number of carbonyl (C=O) groups is 1. The standard InChI is InChI=1S/C9H10O/c1-3-8-5-4-6-9(8)7(2)10/h3-6,8H,1H2,2H3. The second kappa shape index (κ2) is 2.65. The summed E-state index contributed by atoms with van der Waals surface area (Å²) in [4.78, 5) is 10.9. The Balaban J connectivity index is 2.81. The Kier molecular flexibility index (Phi) is 1.86. The molecule has 1 atom stereocenters. The lowest BCUT2D eigenvalue weighted by Crippen LogP contribution is -2.02. The zero-order valence-corrected chi connectivity index (χ0v) is 6.00. The summed E-state index contributed by atoms with van der Waals surface area (Å²) in [5.74, 6) is 0.285. The molecule has 0 N–H and O–H groups in total. The second-order valence-corrected chi connectivity index (χ2v) is 2.32. The molecular formula is C9H10O. The predicted molar refractivity (Wildman–Crippen MR) is 41.6 cm³/mol. The van der Waals surface area contributed by atoms with Gasteiger partial charge in [-0.25, -0.2) is 0 Å². The monoisotopic (exact) mass is 134 g/mol. The molecule has 0 aromatic carbocycles. The van der Waals surface area contributed by atoms with Crippen molar-refractivity contribution < 1.29 is 4.79 Å². The molecule has 1 nitrogen and oxygen atoms in total. The molecule has 0 bridgehead atoms. The van der Waals surface area contributed by atoms with Gasteiger partial charge in [0.25, 0.3) is 0 Å². The fraction of sp³-hybridized carbons (Fsp3) is 0.222. The topological polar surface area (TPSA) is 17.1 Å². The molecule has 1 rings (SSSR count). The van der Waals surface area contributed by atoms with Crippen molar-refractivity contribution in [3.8, 4) is 0 Å². The fourth-order valence-electron chi connectivity index (χ4n) is 1.05. The lowest BCUT2D eigenvalue weighted by atomic mass is 10.0. The van der Waals surface area contributed by atoms with Gasteiger partial charge in [-0.15, -0.1) is 6.58 Å². The zero-order valence-electron chi connectivity index (χ0n) is 6.00. The quantitative estimate of drug-likeness (QED) is 0.527. The van der Waals surface area contributed by atoms with Gasteiger partial charge in [0.05, 0.1) is 0 Å². The minimum absolute atomic E-state index is 0.134. The van der Waals surface area contributed by atoms with E-state index in [1.54, 1.807) is 13.0 Å². The predicted octanol–water partition coefficient (Wildman–Crippen LogP) is 1.87. The summed E-state index contributed by atoms with van der Waals surface area (Å²) in [5.41, 5.74) is 0.843. The van der Waals surface area contributed by atoms with Gasteiger partial charge < -0.3 is 0 Å². The number of hydrogen-bond acceptors (Lipinski definition) is 1. The molecule has 0 amide bonds. The van der Waals surface area contributed by atoms with Crippen molar-refractivity contribution in [2.24, 2.45) is 5.92 Å². The maximum absolute atomic E-state index is 10.9. The average molecular weight is 134 g/mol. The summed E-state index contributed by atoms with van der Waals surface area (Å²) in [7, 11) is 0. The molecule has 1 aliphatic rings. The van der Waals surface area contributed by atoms with Gasteiger partial charge in [-0.2, -0.15) is 0 Å². The number of carbonyl (C=O) groups excluding carboxylic acids is 1. The maximum Gasteiger partial charge on any atom is 0.156 e. The van der Waals surface area contributed by atoms with E-state index in [-0.39, 0.29) is 11.7 Å². The van der Waals surface area contributed by atoms with Gasteiger partial charge in [0.2, 0.25) is 0 Å². The van der Waals surface area contributed by atoms with Crippen molar-refractivity contribution in [1.82, 2.24) is 0 Å². The van der Waals surface area contributed by atoms with Gasteiger partial charge in [-0.05, 0) is 6.92 Å². The van der Waals surface area contributed by atoms with Crippen molar-refractivity contribution >= 4 is 5.78 Å². The van der Waals surface area contributed by atoms with Gasteiger partial charge in [0.1, 0.15) is 0 Å². The zero-order chi connectivity index (χ0) is 7.56. The van der Waals surface area contributed by atoms with E-state index in [1.807, 2.05) is 18.2 Å². The highest BCUT2D eigenvalue weighted by molar-refractivity contribution is 5.95. The number of ketones is 1. The first-order chi connectivity index (χ1) is 4.75. The normalized spacial score (nSPS) is 22.5. The van der Waals surface area contributed by atoms with Crippen LogP contribution in [0.15, 0.2) is 36.5 Å². The summed E-state index contributed by atoms with van der Waals surface area (Å²) < 4.78 is 0. The van der Waals surface area contributed by atoms with E-state index in [0.29, 0.717) is 0 Å².